The van der Waals surface area contributed by atoms with Crippen LogP contribution in [0.15, 0.2) is 24.3 Å². The Balaban J connectivity index is 0.00000420. The fourth-order valence-electron chi connectivity index (χ4n) is 3.11. The van der Waals surface area contributed by atoms with Gasteiger partial charge in [0.25, 0.3) is 11.8 Å². The number of benzene rings is 1. The molecule has 1 aromatic carbocycles. The van der Waals surface area contributed by atoms with Gasteiger partial charge in [-0.3, -0.25) is 14.4 Å². The molecule has 1 aromatic rings. The number of piperidine rings is 1. The molecule has 1 saturated heterocycles. The number of nitrogens with zero attached hydrogens (tertiary/aromatic N) is 1. The van der Waals surface area contributed by atoms with Gasteiger partial charge in [-0.25, -0.2) is 0 Å². The lowest BCUT2D eigenvalue weighted by molar-refractivity contribution is -0.126. The Bertz CT molecular complexity index is 701. The highest BCUT2D eigenvalue weighted by molar-refractivity contribution is 5.98. The second-order valence-electron chi connectivity index (χ2n) is 8.49. The summed E-state index contributed by atoms with van der Waals surface area (Å²) in [6.45, 7) is 8.62. The van der Waals surface area contributed by atoms with E-state index in [1.165, 1.54) is 0 Å². The molecule has 8 heteroatoms. The third kappa shape index (κ3) is 7.66. The number of amides is 3. The van der Waals surface area contributed by atoms with Crippen LogP contribution in [0.2, 0.25) is 0 Å². The summed E-state index contributed by atoms with van der Waals surface area (Å²) in [5.41, 5.74) is 6.48. The normalized spacial score (nSPS) is 16.6. The first-order valence-electron chi connectivity index (χ1n) is 9.86. The SMILES string of the molecule is CC(C)(C)CNC(=O)c1ccc(C(=O)N2CCCC(C(=O)NCCN)C2)cc1.Cl. The standard InChI is InChI=1S/C21H32N4O3.ClH/c1-21(2,3)14-24-18(26)15-6-8-16(9-7-15)20(28)25-12-4-5-17(13-25)19(27)23-11-10-22;/h6-9,17H,4-5,10-14,22H2,1-3H3,(H,23,27)(H,24,26);1H. The molecule has 0 radical (unpaired) electrons. The molecule has 0 aliphatic carbocycles. The Morgan fingerprint density at radius 3 is 2.31 bits per heavy atom. The number of carbonyl (C=O) groups excluding carboxylic acids is 3. The van der Waals surface area contributed by atoms with E-state index in [-0.39, 0.29) is 41.5 Å². The highest BCUT2D eigenvalue weighted by Crippen LogP contribution is 2.19. The summed E-state index contributed by atoms with van der Waals surface area (Å²) < 4.78 is 0. The molecule has 1 heterocycles. The fourth-order valence-corrected chi connectivity index (χ4v) is 3.11. The molecule has 1 unspecified atom stereocenters. The average molecular weight is 425 g/mol. The summed E-state index contributed by atoms with van der Waals surface area (Å²) in [6.07, 6.45) is 1.56. The average Bonchev–Trinajstić information content (AvgIpc) is 2.69. The van der Waals surface area contributed by atoms with Crippen LogP contribution in [0.3, 0.4) is 0 Å². The predicted molar refractivity (Wildman–Crippen MR) is 116 cm³/mol. The molecule has 0 aromatic heterocycles. The Morgan fingerprint density at radius 1 is 1.10 bits per heavy atom. The molecule has 1 fully saturated rings. The van der Waals surface area contributed by atoms with Crippen molar-refractivity contribution in [3.05, 3.63) is 35.4 Å². The molecule has 0 bridgehead atoms. The zero-order valence-electron chi connectivity index (χ0n) is 17.5. The van der Waals surface area contributed by atoms with Gasteiger partial charge >= 0.3 is 0 Å². The first-order valence-corrected chi connectivity index (χ1v) is 9.86. The maximum atomic E-state index is 12.8. The largest absolute Gasteiger partial charge is 0.355 e. The van der Waals surface area contributed by atoms with Crippen LogP contribution in [0.25, 0.3) is 0 Å². The highest BCUT2D eigenvalue weighted by atomic mass is 35.5. The van der Waals surface area contributed by atoms with E-state index >= 15 is 0 Å². The number of hydrogen-bond donors (Lipinski definition) is 3. The molecule has 0 spiro atoms. The van der Waals surface area contributed by atoms with Crippen LogP contribution in [0, 0.1) is 11.3 Å². The molecule has 7 nitrogen and oxygen atoms in total. The quantitative estimate of drug-likeness (QED) is 0.647. The minimum atomic E-state index is -0.202. The van der Waals surface area contributed by atoms with E-state index in [2.05, 4.69) is 31.4 Å². The zero-order valence-corrected chi connectivity index (χ0v) is 18.3. The molecular weight excluding hydrogens is 392 g/mol. The van der Waals surface area contributed by atoms with Crippen LogP contribution >= 0.6 is 12.4 Å². The van der Waals surface area contributed by atoms with Crippen molar-refractivity contribution in [2.45, 2.75) is 33.6 Å². The van der Waals surface area contributed by atoms with E-state index in [1.807, 2.05) is 0 Å². The van der Waals surface area contributed by atoms with Gasteiger partial charge in [0.15, 0.2) is 0 Å². The topological polar surface area (TPSA) is 105 Å². The highest BCUT2D eigenvalue weighted by Gasteiger charge is 2.28. The van der Waals surface area contributed by atoms with Gasteiger partial charge in [-0.05, 0) is 42.5 Å². The van der Waals surface area contributed by atoms with Gasteiger partial charge in [0, 0.05) is 43.9 Å². The predicted octanol–water partition coefficient (Wildman–Crippen LogP) is 1.81. The summed E-state index contributed by atoms with van der Waals surface area (Å²) >= 11 is 0. The monoisotopic (exact) mass is 424 g/mol. The van der Waals surface area contributed by atoms with E-state index in [0.29, 0.717) is 43.9 Å². The van der Waals surface area contributed by atoms with Crippen molar-refractivity contribution in [2.24, 2.45) is 17.1 Å². The third-order valence-corrected chi connectivity index (χ3v) is 4.70. The first-order chi connectivity index (χ1) is 13.2. The van der Waals surface area contributed by atoms with Gasteiger partial charge in [0.05, 0.1) is 5.92 Å². The van der Waals surface area contributed by atoms with Gasteiger partial charge in [-0.15, -0.1) is 12.4 Å². The molecule has 1 aliphatic rings. The number of carbonyl (C=O) groups is 3. The second-order valence-corrected chi connectivity index (χ2v) is 8.49. The lowest BCUT2D eigenvalue weighted by atomic mass is 9.96. The van der Waals surface area contributed by atoms with Gasteiger partial charge in [0.1, 0.15) is 0 Å². The summed E-state index contributed by atoms with van der Waals surface area (Å²) in [6, 6.07) is 6.68. The molecule has 1 atom stereocenters. The summed E-state index contributed by atoms with van der Waals surface area (Å²) in [5, 5.41) is 5.70. The number of nitrogens with two attached hydrogens (primary N) is 1. The number of nitrogens with one attached hydrogen (secondary N) is 2. The zero-order chi connectivity index (χ0) is 20.7. The van der Waals surface area contributed by atoms with Crippen LogP contribution in [0.4, 0.5) is 0 Å². The minimum absolute atomic E-state index is 0. The number of halogens is 1. The maximum absolute atomic E-state index is 12.8. The summed E-state index contributed by atoms with van der Waals surface area (Å²) in [7, 11) is 0. The van der Waals surface area contributed by atoms with Gasteiger partial charge < -0.3 is 21.3 Å². The number of rotatable bonds is 6. The van der Waals surface area contributed by atoms with Crippen molar-refractivity contribution < 1.29 is 14.4 Å². The molecule has 162 valence electrons. The van der Waals surface area contributed by atoms with E-state index in [4.69, 9.17) is 5.73 Å². The Labute approximate surface area is 179 Å². The molecule has 1 aliphatic heterocycles. The molecule has 2 rings (SSSR count). The van der Waals surface area contributed by atoms with E-state index in [0.717, 1.165) is 12.8 Å². The molecule has 0 saturated carbocycles. The van der Waals surface area contributed by atoms with Gasteiger partial charge in [0.2, 0.25) is 5.91 Å². The van der Waals surface area contributed by atoms with Crippen molar-refractivity contribution >= 4 is 30.1 Å². The smallest absolute Gasteiger partial charge is 0.253 e. The lowest BCUT2D eigenvalue weighted by Gasteiger charge is -2.32. The lowest BCUT2D eigenvalue weighted by Crippen LogP contribution is -2.46. The van der Waals surface area contributed by atoms with E-state index < -0.39 is 0 Å². The van der Waals surface area contributed by atoms with Crippen molar-refractivity contribution in [1.29, 1.82) is 0 Å². The van der Waals surface area contributed by atoms with Crippen LogP contribution in [0.1, 0.15) is 54.3 Å². The van der Waals surface area contributed by atoms with Crippen molar-refractivity contribution in [3.8, 4) is 0 Å². The van der Waals surface area contributed by atoms with Crippen molar-refractivity contribution in [2.75, 3.05) is 32.7 Å². The van der Waals surface area contributed by atoms with E-state index in [1.54, 1.807) is 29.2 Å². The van der Waals surface area contributed by atoms with Crippen molar-refractivity contribution in [1.82, 2.24) is 15.5 Å². The molecular formula is C21H33ClN4O3. The first kappa shape index (κ1) is 24.9. The van der Waals surface area contributed by atoms with Crippen LogP contribution < -0.4 is 16.4 Å². The molecule has 3 amide bonds. The molecule has 29 heavy (non-hydrogen) atoms. The van der Waals surface area contributed by atoms with Gasteiger partial charge in [-0.1, -0.05) is 20.8 Å². The summed E-state index contributed by atoms with van der Waals surface area (Å²) in [5.74, 6) is -0.512. The Kier molecular flexibility index (Phi) is 9.59. The minimum Gasteiger partial charge on any atom is -0.355 e. The summed E-state index contributed by atoms with van der Waals surface area (Å²) in [4.78, 5) is 38.9. The van der Waals surface area contributed by atoms with Crippen molar-refractivity contribution in [3.63, 3.8) is 0 Å². The fraction of sp³-hybridized carbons (Fsp3) is 0.571. The van der Waals surface area contributed by atoms with Crippen LogP contribution in [0.5, 0.6) is 0 Å². The maximum Gasteiger partial charge on any atom is 0.253 e. The van der Waals surface area contributed by atoms with E-state index in [9.17, 15) is 14.4 Å². The van der Waals surface area contributed by atoms with Gasteiger partial charge in [-0.2, -0.15) is 0 Å². The Morgan fingerprint density at radius 2 is 1.72 bits per heavy atom. The van der Waals surface area contributed by atoms with Crippen LogP contribution in [-0.4, -0.2) is 55.3 Å². The Hall–Kier alpha value is -2.12. The second kappa shape index (κ2) is 11.2. The number of likely N-dealkylation sites (tertiary alicyclic amines) is 1. The number of hydrogen-bond acceptors (Lipinski definition) is 4. The molecule has 4 N–H and O–H groups in total. The van der Waals surface area contributed by atoms with Crippen LogP contribution in [-0.2, 0) is 4.79 Å². The third-order valence-electron chi connectivity index (χ3n) is 4.70.